The molecule has 0 radical (unpaired) electrons. The molecule has 2 N–H and O–H groups in total. The number of carboxylic acids is 1. The molecule has 2 aromatic rings. The summed E-state index contributed by atoms with van der Waals surface area (Å²) in [4.78, 5) is 22.6. The highest BCUT2D eigenvalue weighted by Crippen LogP contribution is 2.17. The van der Waals surface area contributed by atoms with Gasteiger partial charge < -0.3 is 19.9 Å². The number of nitrogens with zero attached hydrogens (tertiary/aromatic N) is 3. The van der Waals surface area contributed by atoms with Crippen LogP contribution in [0.5, 0.6) is 5.75 Å². The van der Waals surface area contributed by atoms with Crippen molar-refractivity contribution in [1.29, 1.82) is 0 Å². The molecule has 1 heterocycles. The van der Waals surface area contributed by atoms with E-state index in [-0.39, 0.29) is 24.7 Å². The Balaban J connectivity index is 1.88. The summed E-state index contributed by atoms with van der Waals surface area (Å²) in [6.07, 6.45) is 1.20. The van der Waals surface area contributed by atoms with Crippen molar-refractivity contribution < 1.29 is 24.2 Å². The van der Waals surface area contributed by atoms with Crippen LogP contribution in [0, 0.1) is 0 Å². The van der Waals surface area contributed by atoms with Gasteiger partial charge in [0.05, 0.1) is 12.8 Å². The molecule has 1 aromatic carbocycles. The van der Waals surface area contributed by atoms with E-state index in [1.165, 1.54) is 10.9 Å². The zero-order chi connectivity index (χ0) is 17.4. The fraction of sp³-hybridized carbons (Fsp3) is 0.333. The average molecular weight is 334 g/mol. The maximum atomic E-state index is 11.9. The molecule has 0 bridgehead atoms. The molecular formula is C15H18N4O5. The number of hydrogen-bond donors (Lipinski definition) is 2. The Hall–Kier alpha value is -2.94. The van der Waals surface area contributed by atoms with Crippen LogP contribution in [-0.2, 0) is 22.6 Å². The number of ether oxygens (including phenoxy) is 2. The van der Waals surface area contributed by atoms with E-state index in [1.54, 1.807) is 7.11 Å². The van der Waals surface area contributed by atoms with Crippen LogP contribution in [0.3, 0.4) is 0 Å². The number of aromatic carboxylic acids is 1. The number of methoxy groups -OCH3 is 1. The van der Waals surface area contributed by atoms with Gasteiger partial charge >= 0.3 is 5.97 Å². The molecule has 0 aliphatic carbocycles. The Bertz CT molecular complexity index is 701. The Morgan fingerprint density at radius 3 is 2.79 bits per heavy atom. The number of nitrogens with one attached hydrogen (secondary N) is 1. The van der Waals surface area contributed by atoms with Gasteiger partial charge in [0, 0.05) is 19.2 Å². The van der Waals surface area contributed by atoms with Crippen LogP contribution in [-0.4, -0.2) is 52.3 Å². The van der Waals surface area contributed by atoms with Gasteiger partial charge in [0.25, 0.3) is 0 Å². The number of aromatic nitrogens is 3. The average Bonchev–Trinajstić information content (AvgIpc) is 3.03. The van der Waals surface area contributed by atoms with Gasteiger partial charge in [-0.2, -0.15) is 0 Å². The van der Waals surface area contributed by atoms with Gasteiger partial charge in [-0.3, -0.25) is 4.79 Å². The Morgan fingerprint density at radius 1 is 1.29 bits per heavy atom. The van der Waals surface area contributed by atoms with Crippen LogP contribution in [0.2, 0.25) is 0 Å². The zero-order valence-electron chi connectivity index (χ0n) is 13.1. The lowest BCUT2D eigenvalue weighted by Crippen LogP contribution is -2.27. The van der Waals surface area contributed by atoms with Crippen molar-refractivity contribution in [3.8, 4) is 5.75 Å². The molecule has 0 saturated carbocycles. The predicted molar refractivity (Wildman–Crippen MR) is 82.6 cm³/mol. The van der Waals surface area contributed by atoms with E-state index in [2.05, 4.69) is 15.6 Å². The summed E-state index contributed by atoms with van der Waals surface area (Å²) in [7, 11) is 1.59. The van der Waals surface area contributed by atoms with Crippen LogP contribution in [0.4, 0.5) is 0 Å². The Morgan fingerprint density at radius 2 is 2.08 bits per heavy atom. The van der Waals surface area contributed by atoms with Gasteiger partial charge in [-0.15, -0.1) is 5.10 Å². The van der Waals surface area contributed by atoms with E-state index in [1.807, 2.05) is 24.3 Å². The van der Waals surface area contributed by atoms with E-state index in [0.29, 0.717) is 19.0 Å². The highest BCUT2D eigenvalue weighted by molar-refractivity contribution is 5.84. The van der Waals surface area contributed by atoms with Crippen LogP contribution >= 0.6 is 0 Å². The first kappa shape index (κ1) is 17.4. The SMILES string of the molecule is COCCOc1ccccc1CNC(=O)Cn1cc(C(=O)O)nn1. The van der Waals surface area contributed by atoms with Gasteiger partial charge in [-0.05, 0) is 6.07 Å². The summed E-state index contributed by atoms with van der Waals surface area (Å²) in [5.74, 6) is -0.837. The summed E-state index contributed by atoms with van der Waals surface area (Å²) >= 11 is 0. The topological polar surface area (TPSA) is 116 Å². The minimum Gasteiger partial charge on any atom is -0.491 e. The standard InChI is InChI=1S/C15H18N4O5/c1-23-6-7-24-13-5-3-2-4-11(13)8-16-14(20)10-19-9-12(15(21)22)17-18-19/h2-5,9H,6-8,10H2,1H3,(H,16,20)(H,21,22). The quantitative estimate of drug-likeness (QED) is 0.634. The van der Waals surface area contributed by atoms with Gasteiger partial charge in [0.1, 0.15) is 18.9 Å². The molecule has 0 unspecified atom stereocenters. The minimum absolute atomic E-state index is 0.118. The van der Waals surface area contributed by atoms with Crippen molar-refractivity contribution in [3.63, 3.8) is 0 Å². The second kappa shape index (κ2) is 8.63. The first-order chi connectivity index (χ1) is 11.6. The van der Waals surface area contributed by atoms with E-state index in [0.717, 1.165) is 5.56 Å². The number of carboxylic acid groups (broad SMARTS) is 1. The summed E-state index contributed by atoms with van der Waals surface area (Å²) in [5.41, 5.74) is 0.617. The summed E-state index contributed by atoms with van der Waals surface area (Å²) < 4.78 is 11.7. The molecule has 0 aliphatic heterocycles. The molecule has 1 aromatic heterocycles. The molecule has 24 heavy (non-hydrogen) atoms. The molecule has 1 amide bonds. The van der Waals surface area contributed by atoms with Crippen molar-refractivity contribution in [2.75, 3.05) is 20.3 Å². The van der Waals surface area contributed by atoms with Crippen molar-refractivity contribution in [2.24, 2.45) is 0 Å². The van der Waals surface area contributed by atoms with Crippen molar-refractivity contribution >= 4 is 11.9 Å². The Kier molecular flexibility index (Phi) is 6.26. The lowest BCUT2D eigenvalue weighted by Gasteiger charge is -2.12. The number of hydrogen-bond acceptors (Lipinski definition) is 6. The van der Waals surface area contributed by atoms with Crippen LogP contribution in [0.25, 0.3) is 0 Å². The second-order valence-corrected chi connectivity index (χ2v) is 4.83. The molecule has 0 atom stereocenters. The van der Waals surface area contributed by atoms with Crippen molar-refractivity contribution in [1.82, 2.24) is 20.3 Å². The maximum absolute atomic E-state index is 11.9. The van der Waals surface area contributed by atoms with Crippen LogP contribution in [0.15, 0.2) is 30.5 Å². The van der Waals surface area contributed by atoms with Gasteiger partial charge in [-0.1, -0.05) is 23.4 Å². The van der Waals surface area contributed by atoms with E-state index in [4.69, 9.17) is 14.6 Å². The third-order valence-electron chi connectivity index (χ3n) is 3.06. The zero-order valence-corrected chi connectivity index (χ0v) is 13.1. The third kappa shape index (κ3) is 5.06. The predicted octanol–water partition coefficient (Wildman–Crippen LogP) is 0.318. The lowest BCUT2D eigenvalue weighted by atomic mass is 10.2. The highest BCUT2D eigenvalue weighted by Gasteiger charge is 2.11. The smallest absolute Gasteiger partial charge is 0.358 e. The van der Waals surface area contributed by atoms with Crippen LogP contribution in [0.1, 0.15) is 16.1 Å². The van der Waals surface area contributed by atoms with E-state index in [9.17, 15) is 9.59 Å². The molecule has 9 heteroatoms. The van der Waals surface area contributed by atoms with E-state index >= 15 is 0 Å². The number of benzene rings is 1. The van der Waals surface area contributed by atoms with Crippen molar-refractivity contribution in [3.05, 3.63) is 41.7 Å². The number of carbonyl (C=O) groups excluding carboxylic acids is 1. The summed E-state index contributed by atoms with van der Waals surface area (Å²) in [6.45, 7) is 1.05. The summed E-state index contributed by atoms with van der Waals surface area (Å²) in [5, 5.41) is 18.5. The van der Waals surface area contributed by atoms with Gasteiger partial charge in [0.2, 0.25) is 5.91 Å². The maximum Gasteiger partial charge on any atom is 0.358 e. The van der Waals surface area contributed by atoms with Crippen LogP contribution < -0.4 is 10.1 Å². The van der Waals surface area contributed by atoms with E-state index < -0.39 is 5.97 Å². The number of rotatable bonds is 9. The molecule has 9 nitrogen and oxygen atoms in total. The molecular weight excluding hydrogens is 316 g/mol. The molecule has 0 saturated heterocycles. The molecule has 0 spiro atoms. The van der Waals surface area contributed by atoms with Gasteiger partial charge in [-0.25, -0.2) is 9.48 Å². The van der Waals surface area contributed by atoms with Gasteiger partial charge in [0.15, 0.2) is 5.69 Å². The number of amides is 1. The molecule has 0 aliphatic rings. The van der Waals surface area contributed by atoms with Crippen molar-refractivity contribution in [2.45, 2.75) is 13.1 Å². The molecule has 0 fully saturated rings. The first-order valence-electron chi connectivity index (χ1n) is 7.20. The third-order valence-corrected chi connectivity index (χ3v) is 3.06. The Labute approximate surface area is 138 Å². The fourth-order valence-corrected chi connectivity index (χ4v) is 1.90. The monoisotopic (exact) mass is 334 g/mol. The second-order valence-electron chi connectivity index (χ2n) is 4.83. The first-order valence-corrected chi connectivity index (χ1v) is 7.20. The number of carbonyl (C=O) groups is 2. The minimum atomic E-state index is -1.19. The number of para-hydroxylation sites is 1. The normalized spacial score (nSPS) is 10.4. The lowest BCUT2D eigenvalue weighted by molar-refractivity contribution is -0.122. The highest BCUT2D eigenvalue weighted by atomic mass is 16.5. The fourth-order valence-electron chi connectivity index (χ4n) is 1.90. The largest absolute Gasteiger partial charge is 0.491 e. The molecule has 128 valence electrons. The summed E-state index contributed by atoms with van der Waals surface area (Å²) in [6, 6.07) is 7.35. The molecule has 2 rings (SSSR count).